The number of hydrogen-bond donors (Lipinski definition) is 7. The molecule has 3 aromatic rings. The van der Waals surface area contributed by atoms with Crippen molar-refractivity contribution in [2.75, 3.05) is 6.61 Å². The molecule has 1 saturated heterocycles. The summed E-state index contributed by atoms with van der Waals surface area (Å²) >= 11 is 0. The van der Waals surface area contributed by atoms with E-state index >= 15 is 0 Å². The Hall–Kier alpha value is -4.33. The average molecular weight is 583 g/mol. The maximum atomic E-state index is 12.7. The maximum absolute atomic E-state index is 12.7. The number of aliphatic hydroxyl groups is 3. The highest BCUT2D eigenvalue weighted by molar-refractivity contribution is 5.87. The number of benzene rings is 3. The van der Waals surface area contributed by atoms with Gasteiger partial charge in [0.25, 0.3) is 0 Å². The summed E-state index contributed by atoms with van der Waals surface area (Å²) in [6.07, 6.45) is -7.18. The van der Waals surface area contributed by atoms with E-state index in [2.05, 4.69) is 0 Å². The van der Waals surface area contributed by atoms with E-state index in [1.807, 2.05) is 6.07 Å². The number of aliphatic hydroxyl groups excluding tert-OH is 3. The lowest BCUT2D eigenvalue weighted by molar-refractivity contribution is -0.318. The van der Waals surface area contributed by atoms with E-state index in [0.717, 1.165) is 12.1 Å². The van der Waals surface area contributed by atoms with Gasteiger partial charge < -0.3 is 54.7 Å². The van der Waals surface area contributed by atoms with Crippen LogP contribution in [0.5, 0.6) is 28.7 Å². The number of aromatic hydroxyl groups is 4. The summed E-state index contributed by atoms with van der Waals surface area (Å²) in [5.74, 6) is -2.10. The summed E-state index contributed by atoms with van der Waals surface area (Å²) < 4.78 is 23.4. The Morgan fingerprint density at radius 1 is 0.929 bits per heavy atom. The Morgan fingerprint density at radius 2 is 1.69 bits per heavy atom. The predicted molar refractivity (Wildman–Crippen MR) is 145 cm³/mol. The lowest BCUT2D eigenvalue weighted by atomic mass is 9.93. The van der Waals surface area contributed by atoms with Crippen LogP contribution < -0.4 is 4.74 Å². The molecule has 7 atom stereocenters. The van der Waals surface area contributed by atoms with E-state index in [0.29, 0.717) is 11.1 Å². The van der Waals surface area contributed by atoms with Crippen LogP contribution in [0.1, 0.15) is 22.8 Å². The molecule has 0 aromatic heterocycles. The first kappa shape index (κ1) is 29.2. The molecule has 12 heteroatoms. The summed E-state index contributed by atoms with van der Waals surface area (Å²) in [6.45, 7) is -0.689. The molecule has 0 bridgehead atoms. The van der Waals surface area contributed by atoms with Gasteiger partial charge >= 0.3 is 5.97 Å². The fourth-order valence-electron chi connectivity index (χ4n) is 4.93. The second kappa shape index (κ2) is 12.3. The van der Waals surface area contributed by atoms with Crippen LogP contribution in [0.25, 0.3) is 6.08 Å². The number of phenols is 4. The van der Waals surface area contributed by atoms with Crippen LogP contribution in [0.3, 0.4) is 0 Å². The fourth-order valence-corrected chi connectivity index (χ4v) is 4.93. The third-order valence-electron chi connectivity index (χ3n) is 7.09. The van der Waals surface area contributed by atoms with Crippen LogP contribution >= 0.6 is 0 Å². The monoisotopic (exact) mass is 582 g/mol. The van der Waals surface area contributed by atoms with Gasteiger partial charge in [0.15, 0.2) is 30.0 Å². The van der Waals surface area contributed by atoms with Gasteiger partial charge in [-0.1, -0.05) is 36.4 Å². The standard InChI is InChI=1S/C30H30O12/c31-14-24-26(37)27(38)29(42-25(36)9-6-15-4-2-1-3-5-15)30(41-24)40-23-13-18-20(34)11-17(32)12-22(18)39-28(23)16-7-8-19(33)21(35)10-16/h1-12,23-24,26-35,37-38H,13-14H2/b9-6+/t23-,24-,26+,27-,28+,29+,30+/m0/s1. The molecule has 222 valence electrons. The van der Waals surface area contributed by atoms with Gasteiger partial charge in [0.2, 0.25) is 0 Å². The van der Waals surface area contributed by atoms with E-state index in [-0.39, 0.29) is 35.0 Å². The van der Waals surface area contributed by atoms with E-state index in [4.69, 9.17) is 18.9 Å². The second-order valence-electron chi connectivity index (χ2n) is 9.96. The first-order valence-electron chi connectivity index (χ1n) is 13.1. The van der Waals surface area contributed by atoms with Gasteiger partial charge in [-0.15, -0.1) is 0 Å². The number of rotatable bonds is 7. The molecule has 3 aromatic carbocycles. The van der Waals surface area contributed by atoms with Gasteiger partial charge in [0.1, 0.15) is 41.7 Å². The summed E-state index contributed by atoms with van der Waals surface area (Å²) in [7, 11) is 0. The summed E-state index contributed by atoms with van der Waals surface area (Å²) in [6, 6.07) is 15.3. The molecule has 0 amide bonds. The zero-order valence-corrected chi connectivity index (χ0v) is 22.1. The molecule has 5 rings (SSSR count). The largest absolute Gasteiger partial charge is 0.508 e. The maximum Gasteiger partial charge on any atom is 0.331 e. The molecule has 7 N–H and O–H groups in total. The number of hydrogen-bond acceptors (Lipinski definition) is 12. The van der Waals surface area contributed by atoms with Crippen molar-refractivity contribution in [2.24, 2.45) is 0 Å². The Morgan fingerprint density at radius 3 is 2.40 bits per heavy atom. The molecule has 0 spiro atoms. The SMILES string of the molecule is O=C(/C=C/c1ccccc1)O[C@H]1[C@H](O[C@H]2Cc3c(O)cc(O)cc3O[C@@H]2c2ccc(O)c(O)c2)O[C@@H](CO)[C@@H](O)[C@@H]1O. The zero-order valence-electron chi connectivity index (χ0n) is 22.1. The molecule has 0 radical (unpaired) electrons. The summed E-state index contributed by atoms with van der Waals surface area (Å²) in [4.78, 5) is 12.7. The second-order valence-corrected chi connectivity index (χ2v) is 9.96. The molecular formula is C30H30O12. The van der Waals surface area contributed by atoms with Crippen molar-refractivity contribution in [1.29, 1.82) is 0 Å². The summed E-state index contributed by atoms with van der Waals surface area (Å²) in [5.41, 5.74) is 1.32. The third kappa shape index (κ3) is 6.12. The topological polar surface area (TPSA) is 196 Å². The molecule has 0 saturated carbocycles. The Balaban J connectivity index is 1.45. The van der Waals surface area contributed by atoms with Crippen LogP contribution in [0.4, 0.5) is 0 Å². The first-order valence-corrected chi connectivity index (χ1v) is 13.1. The van der Waals surface area contributed by atoms with Crippen molar-refractivity contribution in [2.45, 2.75) is 49.3 Å². The van der Waals surface area contributed by atoms with E-state index < -0.39 is 61.2 Å². The minimum atomic E-state index is -1.71. The van der Waals surface area contributed by atoms with Crippen molar-refractivity contribution in [3.63, 3.8) is 0 Å². The van der Waals surface area contributed by atoms with E-state index in [1.54, 1.807) is 24.3 Å². The fraction of sp³-hybridized carbons (Fsp3) is 0.300. The average Bonchev–Trinajstić information content (AvgIpc) is 2.97. The highest BCUT2D eigenvalue weighted by atomic mass is 16.7. The molecule has 12 nitrogen and oxygen atoms in total. The molecule has 0 aliphatic carbocycles. The molecule has 2 aliphatic rings. The molecule has 1 fully saturated rings. The van der Waals surface area contributed by atoms with Crippen LogP contribution in [-0.4, -0.2) is 85.1 Å². The molecule has 42 heavy (non-hydrogen) atoms. The van der Waals surface area contributed by atoms with Gasteiger partial charge in [-0.25, -0.2) is 4.79 Å². The van der Waals surface area contributed by atoms with Gasteiger partial charge in [-0.3, -0.25) is 0 Å². The minimum Gasteiger partial charge on any atom is -0.508 e. The Labute approximate surface area is 239 Å². The first-order chi connectivity index (χ1) is 20.1. The molecule has 2 aliphatic heterocycles. The van der Waals surface area contributed by atoms with Crippen LogP contribution in [0.15, 0.2) is 66.7 Å². The number of fused-ring (bicyclic) bond motifs is 1. The van der Waals surface area contributed by atoms with Crippen LogP contribution in [-0.2, 0) is 25.4 Å². The number of carbonyl (C=O) groups is 1. The van der Waals surface area contributed by atoms with E-state index in [9.17, 15) is 40.5 Å². The van der Waals surface area contributed by atoms with Crippen molar-refractivity contribution in [3.05, 3.63) is 83.4 Å². The van der Waals surface area contributed by atoms with Crippen LogP contribution in [0, 0.1) is 0 Å². The van der Waals surface area contributed by atoms with Crippen molar-refractivity contribution in [3.8, 4) is 28.7 Å². The molecule has 2 heterocycles. The van der Waals surface area contributed by atoms with Crippen LogP contribution in [0.2, 0.25) is 0 Å². The highest BCUT2D eigenvalue weighted by Crippen LogP contribution is 2.44. The van der Waals surface area contributed by atoms with Gasteiger partial charge in [0.05, 0.1) is 6.61 Å². The van der Waals surface area contributed by atoms with Crippen molar-refractivity contribution in [1.82, 2.24) is 0 Å². The van der Waals surface area contributed by atoms with Gasteiger partial charge in [-0.05, 0) is 29.3 Å². The number of esters is 1. The smallest absolute Gasteiger partial charge is 0.331 e. The minimum absolute atomic E-state index is 0.0371. The highest BCUT2D eigenvalue weighted by Gasteiger charge is 2.49. The Kier molecular flexibility index (Phi) is 8.52. The zero-order chi connectivity index (χ0) is 30.0. The quantitative estimate of drug-likeness (QED) is 0.121. The Bertz CT molecular complexity index is 1440. The lowest BCUT2D eigenvalue weighted by Gasteiger charge is -2.44. The molecular weight excluding hydrogens is 552 g/mol. The lowest BCUT2D eigenvalue weighted by Crippen LogP contribution is -2.61. The number of carbonyl (C=O) groups excluding carboxylic acids is 1. The number of ether oxygens (including phenoxy) is 4. The van der Waals surface area contributed by atoms with Crippen molar-refractivity contribution >= 4 is 12.0 Å². The van der Waals surface area contributed by atoms with Gasteiger partial charge in [-0.2, -0.15) is 0 Å². The number of phenolic OH excluding ortho intramolecular Hbond substituents is 4. The summed E-state index contributed by atoms with van der Waals surface area (Å²) in [5, 5.41) is 71.5. The normalized spacial score (nSPS) is 27.3. The molecule has 0 unspecified atom stereocenters. The predicted octanol–water partition coefficient (Wildman–Crippen LogP) is 1.63. The van der Waals surface area contributed by atoms with Crippen molar-refractivity contribution < 1.29 is 59.5 Å². The van der Waals surface area contributed by atoms with Gasteiger partial charge in [0, 0.05) is 30.2 Å². The third-order valence-corrected chi connectivity index (χ3v) is 7.09. The van der Waals surface area contributed by atoms with E-state index in [1.165, 1.54) is 30.3 Å².